The van der Waals surface area contributed by atoms with Crippen LogP contribution in [0.25, 0.3) is 71.8 Å². The predicted molar refractivity (Wildman–Crippen MR) is 390 cm³/mol. The lowest BCUT2D eigenvalue weighted by molar-refractivity contribution is 0.476. The number of ether oxygens (including phenoxy) is 1. The molecule has 3 aromatic heterocycles. The first-order valence-electron chi connectivity index (χ1n) is 33.1. The third-order valence-electron chi connectivity index (χ3n) is 19.6. The van der Waals surface area contributed by atoms with Gasteiger partial charge < -0.3 is 19.0 Å². The topological polar surface area (TPSA) is 46.7 Å². The maximum atomic E-state index is 7.51. The second kappa shape index (κ2) is 21.5. The van der Waals surface area contributed by atoms with E-state index in [0.29, 0.717) is 6.67 Å². The van der Waals surface area contributed by atoms with E-state index < -0.39 is 0 Å². The standard InChI is InChI=1S/C85H98N4O2/c1-50-51(2)73(53-37-56(80(7,8)9)41-57(38-53)81(10,11)12)77(74(52(50)3)54-39-58(82(13,14)15)42-59(40-54)83(16,17)18)88-49-87(67-30-26-27-31-68(67)88)61-43-60(84(19,20)21)44-62(46-61)90-63-47-66(85(22,23)24)75-70(48-63)89(72-45-55(35-36-86-72)79(4,5)6)69-34-33-65-64-29-25-28-32-71(64)91-78(65)76(69)75/h25-48H,49H2,1-24H3. The Balaban J connectivity index is 1.09. The Hall–Kier alpha value is -8.09. The Morgan fingerprint density at radius 2 is 0.901 bits per heavy atom. The first kappa shape index (κ1) is 63.1. The van der Waals surface area contributed by atoms with Crippen LogP contribution >= 0.6 is 0 Å². The van der Waals surface area contributed by atoms with Crippen molar-refractivity contribution in [2.75, 3.05) is 16.5 Å². The van der Waals surface area contributed by atoms with Crippen molar-refractivity contribution >= 4 is 66.5 Å². The summed E-state index contributed by atoms with van der Waals surface area (Å²) in [4.78, 5) is 10.3. The van der Waals surface area contributed by atoms with Gasteiger partial charge in [0.2, 0.25) is 0 Å². The fourth-order valence-electron chi connectivity index (χ4n) is 13.7. The van der Waals surface area contributed by atoms with Gasteiger partial charge in [-0.2, -0.15) is 0 Å². The van der Waals surface area contributed by atoms with Gasteiger partial charge in [-0.05, 0) is 186 Å². The first-order valence-corrected chi connectivity index (χ1v) is 33.1. The molecule has 0 aliphatic carbocycles. The summed E-state index contributed by atoms with van der Waals surface area (Å²) in [6.07, 6.45) is 1.96. The van der Waals surface area contributed by atoms with Crippen molar-refractivity contribution in [3.63, 3.8) is 0 Å². The van der Waals surface area contributed by atoms with Gasteiger partial charge >= 0.3 is 0 Å². The molecular formula is C85H98N4O2. The van der Waals surface area contributed by atoms with Gasteiger partial charge in [0, 0.05) is 51.3 Å². The number of aromatic nitrogens is 2. The molecule has 1 aliphatic rings. The molecule has 0 radical (unpaired) electrons. The Kier molecular flexibility index (Phi) is 14.9. The maximum Gasteiger partial charge on any atom is 0.145 e. The highest BCUT2D eigenvalue weighted by molar-refractivity contribution is 6.25. The molecule has 6 heteroatoms. The molecule has 0 amide bonds. The van der Waals surface area contributed by atoms with Crippen LogP contribution in [0.3, 0.4) is 0 Å². The number of hydrogen-bond acceptors (Lipinski definition) is 5. The van der Waals surface area contributed by atoms with Crippen molar-refractivity contribution in [1.82, 2.24) is 9.55 Å². The molecule has 0 bridgehead atoms. The molecule has 91 heavy (non-hydrogen) atoms. The zero-order valence-electron chi connectivity index (χ0n) is 59.2. The molecule has 0 fully saturated rings. The smallest absolute Gasteiger partial charge is 0.145 e. The van der Waals surface area contributed by atoms with Gasteiger partial charge in [-0.25, -0.2) is 4.98 Å². The molecule has 1 aliphatic heterocycles. The summed E-state index contributed by atoms with van der Waals surface area (Å²) in [6.45, 7) is 56.6. The highest BCUT2D eigenvalue weighted by Crippen LogP contribution is 2.55. The molecule has 470 valence electrons. The van der Waals surface area contributed by atoms with Gasteiger partial charge in [0.05, 0.1) is 33.5 Å². The lowest BCUT2D eigenvalue weighted by Gasteiger charge is -2.33. The van der Waals surface area contributed by atoms with E-state index in [0.717, 1.165) is 78.1 Å². The molecule has 0 N–H and O–H groups in total. The Morgan fingerprint density at radius 1 is 0.407 bits per heavy atom. The van der Waals surface area contributed by atoms with Gasteiger partial charge in [-0.3, -0.25) is 4.57 Å². The normalized spacial score (nSPS) is 13.8. The number of hydrogen-bond donors (Lipinski definition) is 0. The van der Waals surface area contributed by atoms with Crippen LogP contribution in [-0.2, 0) is 37.9 Å². The van der Waals surface area contributed by atoms with Crippen LogP contribution in [-0.4, -0.2) is 16.2 Å². The number of rotatable bonds is 7. The monoisotopic (exact) mass is 1210 g/mol. The number of furan rings is 1. The number of pyridine rings is 1. The number of nitrogens with zero attached hydrogens (tertiary/aromatic N) is 4. The zero-order chi connectivity index (χ0) is 65.8. The first-order chi connectivity index (χ1) is 42.3. The van der Waals surface area contributed by atoms with Gasteiger partial charge in [0.1, 0.15) is 35.2 Å². The van der Waals surface area contributed by atoms with E-state index in [-0.39, 0.29) is 37.9 Å². The van der Waals surface area contributed by atoms with Crippen molar-refractivity contribution in [2.24, 2.45) is 0 Å². The summed E-state index contributed by atoms with van der Waals surface area (Å²) in [5.41, 5.74) is 25.4. The minimum Gasteiger partial charge on any atom is -0.457 e. The van der Waals surface area contributed by atoms with Crippen molar-refractivity contribution in [1.29, 1.82) is 0 Å². The van der Waals surface area contributed by atoms with E-state index in [1.165, 1.54) is 83.6 Å². The predicted octanol–water partition coefficient (Wildman–Crippen LogP) is 24.5. The van der Waals surface area contributed by atoms with Crippen LogP contribution in [0.1, 0.15) is 201 Å². The molecule has 0 saturated carbocycles. The van der Waals surface area contributed by atoms with Gasteiger partial charge in [0.15, 0.2) is 0 Å². The van der Waals surface area contributed by atoms with Crippen LogP contribution in [0.15, 0.2) is 150 Å². The number of fused-ring (bicyclic) bond motifs is 8. The van der Waals surface area contributed by atoms with E-state index in [9.17, 15) is 0 Å². The molecule has 4 heterocycles. The third kappa shape index (κ3) is 11.3. The number of benzene rings is 8. The molecule has 6 nitrogen and oxygen atoms in total. The second-order valence-electron chi connectivity index (χ2n) is 33.7. The summed E-state index contributed by atoms with van der Waals surface area (Å²) >= 11 is 0. The minimum atomic E-state index is -0.304. The summed E-state index contributed by atoms with van der Waals surface area (Å²) in [5, 5.41) is 4.42. The van der Waals surface area contributed by atoms with Crippen molar-refractivity contribution in [2.45, 2.75) is 204 Å². The van der Waals surface area contributed by atoms with Crippen LogP contribution in [0.4, 0.5) is 22.7 Å². The lowest BCUT2D eigenvalue weighted by atomic mass is 9.76. The molecule has 12 rings (SSSR count). The third-order valence-corrected chi connectivity index (χ3v) is 19.6. The molecule has 11 aromatic rings. The quantitative estimate of drug-likeness (QED) is 0.159. The Bertz CT molecular complexity index is 4550. The summed E-state index contributed by atoms with van der Waals surface area (Å²) in [7, 11) is 0. The summed E-state index contributed by atoms with van der Waals surface area (Å²) in [5.74, 6) is 2.39. The highest BCUT2D eigenvalue weighted by Gasteiger charge is 2.37. The van der Waals surface area contributed by atoms with E-state index in [1.54, 1.807) is 0 Å². The van der Waals surface area contributed by atoms with Crippen LogP contribution in [0.2, 0.25) is 0 Å². The fourth-order valence-corrected chi connectivity index (χ4v) is 13.7. The van der Waals surface area contributed by atoms with Crippen LogP contribution < -0.4 is 14.5 Å². The molecular weight excluding hydrogens is 1110 g/mol. The Morgan fingerprint density at radius 3 is 1.43 bits per heavy atom. The highest BCUT2D eigenvalue weighted by atomic mass is 16.5. The summed E-state index contributed by atoms with van der Waals surface area (Å²) < 4.78 is 16.8. The van der Waals surface area contributed by atoms with Crippen LogP contribution in [0.5, 0.6) is 11.5 Å². The average Bonchev–Trinajstić information content (AvgIpc) is 1.60. The number of para-hydroxylation sites is 3. The van der Waals surface area contributed by atoms with Crippen molar-refractivity contribution in [3.8, 4) is 39.6 Å². The fraction of sp³-hybridized carbons (Fsp3) is 0.376. The van der Waals surface area contributed by atoms with Gasteiger partial charge in [-0.1, -0.05) is 212 Å². The van der Waals surface area contributed by atoms with E-state index in [4.69, 9.17) is 14.1 Å². The van der Waals surface area contributed by atoms with E-state index >= 15 is 0 Å². The average molecular weight is 1210 g/mol. The summed E-state index contributed by atoms with van der Waals surface area (Å²) in [6, 6.07) is 52.7. The maximum absolute atomic E-state index is 7.51. The van der Waals surface area contributed by atoms with Crippen LogP contribution in [0, 0.1) is 20.8 Å². The van der Waals surface area contributed by atoms with Crippen molar-refractivity contribution in [3.05, 3.63) is 201 Å². The Labute approximate surface area is 543 Å². The lowest BCUT2D eigenvalue weighted by Crippen LogP contribution is -2.26. The number of anilines is 4. The van der Waals surface area contributed by atoms with Gasteiger partial charge in [0.25, 0.3) is 0 Å². The minimum absolute atomic E-state index is 0.0832. The van der Waals surface area contributed by atoms with E-state index in [2.05, 4.69) is 320 Å². The zero-order valence-corrected chi connectivity index (χ0v) is 59.2. The SMILES string of the molecule is Cc1c(C)c(-c2cc(C(C)(C)C)cc(C(C)(C)C)c2)c(N2CN(c3cc(Oc4cc(C(C)(C)C)c5c6c7oc8ccccc8c7ccc6n(-c6cc(C(C)(C)C)ccn6)c5c4)cc(C(C)(C)C)c3)c3ccccc32)c(-c2cc(C(C)(C)C)cc(C(C)(C)C)c2)c1C. The molecule has 0 unspecified atom stereocenters. The van der Waals surface area contributed by atoms with Gasteiger partial charge in [-0.15, -0.1) is 0 Å². The van der Waals surface area contributed by atoms with E-state index in [1.807, 2.05) is 6.20 Å². The molecule has 8 aromatic carbocycles. The largest absolute Gasteiger partial charge is 0.457 e. The molecule has 0 saturated heterocycles. The molecule has 0 atom stereocenters. The van der Waals surface area contributed by atoms with Crippen molar-refractivity contribution < 1.29 is 9.15 Å². The second-order valence-corrected chi connectivity index (χ2v) is 33.7. The molecule has 0 spiro atoms.